The monoisotopic (exact) mass is 236 g/mol. The second kappa shape index (κ2) is 8.21. The minimum atomic E-state index is -1.31. The number of hydrogen-bond acceptors (Lipinski definition) is 4. The van der Waals surface area contributed by atoms with Crippen molar-refractivity contribution < 1.29 is 39.6 Å². The lowest BCUT2D eigenvalue weighted by molar-refractivity contribution is -0.155. The third-order valence-corrected chi connectivity index (χ3v) is 1.31. The number of carboxylic acid groups (broad SMARTS) is 4. The number of carbonyl (C=O) groups is 4. The van der Waals surface area contributed by atoms with Gasteiger partial charge in [0.25, 0.3) is 0 Å². The van der Waals surface area contributed by atoms with Crippen LogP contribution in [0, 0.1) is 5.92 Å². The van der Waals surface area contributed by atoms with E-state index in [0.717, 1.165) is 0 Å². The molecule has 0 atom stereocenters. The summed E-state index contributed by atoms with van der Waals surface area (Å²) in [6, 6.07) is 0. The second-order valence-corrected chi connectivity index (χ2v) is 2.60. The molecule has 92 valence electrons. The van der Waals surface area contributed by atoms with Gasteiger partial charge in [-0.1, -0.05) is 6.92 Å². The molecule has 0 saturated carbocycles. The molecule has 0 aromatic carbocycles. The molecule has 8 nitrogen and oxygen atoms in total. The normalized spacial score (nSPS) is 8.88. The van der Waals surface area contributed by atoms with Gasteiger partial charge in [-0.25, -0.2) is 0 Å². The highest BCUT2D eigenvalue weighted by atomic mass is 16.4. The first kappa shape index (κ1) is 16.3. The summed E-state index contributed by atoms with van der Waals surface area (Å²) in [4.78, 5) is 38.8. The molecule has 16 heavy (non-hydrogen) atoms. The van der Waals surface area contributed by atoms with E-state index in [1.807, 2.05) is 0 Å². The van der Waals surface area contributed by atoms with E-state index in [2.05, 4.69) is 0 Å². The molecule has 0 aliphatic heterocycles. The molecule has 0 aromatic heterocycles. The highest BCUT2D eigenvalue weighted by Crippen LogP contribution is 2.00. The van der Waals surface area contributed by atoms with Crippen LogP contribution in [0.15, 0.2) is 0 Å². The van der Waals surface area contributed by atoms with Crippen molar-refractivity contribution in [1.82, 2.24) is 0 Å². The largest absolute Gasteiger partial charge is 0.481 e. The Kier molecular flexibility index (Phi) is 8.37. The lowest BCUT2D eigenvalue weighted by atomic mass is 10.1. The summed E-state index contributed by atoms with van der Waals surface area (Å²) in [5.74, 6) is -6.42. The molecular formula is C8H12O8. The topological polar surface area (TPSA) is 149 Å². The van der Waals surface area contributed by atoms with Gasteiger partial charge in [0.1, 0.15) is 6.42 Å². The maximum absolute atomic E-state index is 9.99. The first-order chi connectivity index (χ1) is 7.22. The summed E-state index contributed by atoms with van der Waals surface area (Å²) in [6.45, 7) is 1.52. The van der Waals surface area contributed by atoms with Crippen molar-refractivity contribution in [3.63, 3.8) is 0 Å². The number of hydrogen-bond donors (Lipinski definition) is 4. The number of aliphatic carboxylic acids is 4. The van der Waals surface area contributed by atoms with Crippen LogP contribution in [0.4, 0.5) is 0 Å². The van der Waals surface area contributed by atoms with Crippen LogP contribution in [0.5, 0.6) is 0 Å². The zero-order valence-corrected chi connectivity index (χ0v) is 8.41. The fourth-order valence-corrected chi connectivity index (χ4v) is 0.584. The zero-order chi connectivity index (χ0) is 13.3. The molecule has 0 unspecified atom stereocenters. The summed E-state index contributed by atoms with van der Waals surface area (Å²) in [7, 11) is 0. The van der Waals surface area contributed by atoms with Gasteiger partial charge in [0.2, 0.25) is 0 Å². The van der Waals surface area contributed by atoms with Gasteiger partial charge in [-0.3, -0.25) is 19.2 Å². The lowest BCUT2D eigenvalue weighted by Gasteiger charge is -2.00. The molecule has 0 fully saturated rings. The van der Waals surface area contributed by atoms with E-state index in [4.69, 9.17) is 20.4 Å². The minimum Gasteiger partial charge on any atom is -0.481 e. The van der Waals surface area contributed by atoms with Gasteiger partial charge in [0, 0.05) is 0 Å². The maximum Gasteiger partial charge on any atom is 0.317 e. The molecule has 0 aliphatic carbocycles. The summed E-state index contributed by atoms with van der Waals surface area (Å²) >= 11 is 0. The Morgan fingerprint density at radius 2 is 1.19 bits per heavy atom. The molecule has 0 amide bonds. The standard InChI is InChI=1S/C5H8O4.C3H4O4/c1-2-3(4(6)7)5(8)9;4-2(5)1-3(6)7/h3H,2H2,1H3,(H,6,7)(H,8,9);1H2,(H,4,5)(H,6,7). The number of carboxylic acids is 4. The molecule has 0 heterocycles. The van der Waals surface area contributed by atoms with Gasteiger partial charge in [-0.2, -0.15) is 0 Å². The average Bonchev–Trinajstić information content (AvgIpc) is 2.01. The van der Waals surface area contributed by atoms with Crippen LogP contribution in [0.3, 0.4) is 0 Å². The fourth-order valence-electron chi connectivity index (χ4n) is 0.584. The Morgan fingerprint density at radius 1 is 0.875 bits per heavy atom. The minimum absolute atomic E-state index is 0.130. The van der Waals surface area contributed by atoms with Crippen LogP contribution in [-0.4, -0.2) is 44.3 Å². The van der Waals surface area contributed by atoms with Crippen molar-refractivity contribution in [3.8, 4) is 0 Å². The van der Waals surface area contributed by atoms with E-state index in [0.29, 0.717) is 0 Å². The molecular weight excluding hydrogens is 224 g/mol. The molecule has 0 rings (SSSR count). The van der Waals surface area contributed by atoms with Crippen molar-refractivity contribution >= 4 is 23.9 Å². The third-order valence-electron chi connectivity index (χ3n) is 1.31. The van der Waals surface area contributed by atoms with Gasteiger partial charge in [-0.15, -0.1) is 0 Å². The van der Waals surface area contributed by atoms with Gasteiger partial charge < -0.3 is 20.4 Å². The Bertz CT molecular complexity index is 256. The highest BCUT2D eigenvalue weighted by molar-refractivity contribution is 5.92. The second-order valence-electron chi connectivity index (χ2n) is 2.60. The van der Waals surface area contributed by atoms with Gasteiger partial charge >= 0.3 is 23.9 Å². The average molecular weight is 236 g/mol. The van der Waals surface area contributed by atoms with Crippen molar-refractivity contribution in [2.75, 3.05) is 0 Å². The van der Waals surface area contributed by atoms with Crippen molar-refractivity contribution in [2.45, 2.75) is 19.8 Å². The van der Waals surface area contributed by atoms with Gasteiger partial charge in [0.05, 0.1) is 0 Å². The summed E-state index contributed by atoms with van der Waals surface area (Å²) in [5.41, 5.74) is 0. The maximum atomic E-state index is 9.99. The summed E-state index contributed by atoms with van der Waals surface area (Å²) < 4.78 is 0. The SMILES string of the molecule is CCC(C(=O)O)C(=O)O.O=C(O)CC(=O)O. The van der Waals surface area contributed by atoms with E-state index >= 15 is 0 Å². The van der Waals surface area contributed by atoms with Crippen LogP contribution in [0.1, 0.15) is 19.8 Å². The molecule has 0 aromatic rings. The lowest BCUT2D eigenvalue weighted by Crippen LogP contribution is -2.21. The molecule has 0 aliphatic rings. The van der Waals surface area contributed by atoms with Crippen LogP contribution < -0.4 is 0 Å². The predicted octanol–water partition coefficient (Wildman–Crippen LogP) is -0.273. The molecule has 0 bridgehead atoms. The molecule has 8 heteroatoms. The quantitative estimate of drug-likeness (QED) is 0.476. The predicted molar refractivity (Wildman–Crippen MR) is 48.9 cm³/mol. The van der Waals surface area contributed by atoms with Crippen LogP contribution in [-0.2, 0) is 19.2 Å². The van der Waals surface area contributed by atoms with Crippen molar-refractivity contribution in [3.05, 3.63) is 0 Å². The first-order valence-corrected chi connectivity index (χ1v) is 4.11. The Morgan fingerprint density at radius 3 is 1.19 bits per heavy atom. The van der Waals surface area contributed by atoms with E-state index in [1.165, 1.54) is 6.92 Å². The summed E-state index contributed by atoms with van der Waals surface area (Å²) in [5, 5.41) is 31.7. The van der Waals surface area contributed by atoms with Crippen LogP contribution >= 0.6 is 0 Å². The van der Waals surface area contributed by atoms with E-state index < -0.39 is 36.2 Å². The molecule has 4 N–H and O–H groups in total. The van der Waals surface area contributed by atoms with Crippen molar-refractivity contribution in [1.29, 1.82) is 0 Å². The smallest absolute Gasteiger partial charge is 0.317 e. The molecule has 0 saturated heterocycles. The van der Waals surface area contributed by atoms with Gasteiger partial charge in [-0.05, 0) is 6.42 Å². The highest BCUT2D eigenvalue weighted by Gasteiger charge is 2.22. The summed E-state index contributed by atoms with van der Waals surface area (Å²) in [6.07, 6.45) is -0.676. The van der Waals surface area contributed by atoms with Crippen LogP contribution in [0.25, 0.3) is 0 Å². The van der Waals surface area contributed by atoms with Crippen molar-refractivity contribution in [2.24, 2.45) is 5.92 Å². The molecule has 0 spiro atoms. The van der Waals surface area contributed by atoms with E-state index in [-0.39, 0.29) is 6.42 Å². The zero-order valence-electron chi connectivity index (χ0n) is 8.41. The fraction of sp³-hybridized carbons (Fsp3) is 0.500. The Labute approximate surface area is 90.1 Å². The Hall–Kier alpha value is -2.12. The van der Waals surface area contributed by atoms with Gasteiger partial charge in [0.15, 0.2) is 5.92 Å². The molecule has 0 radical (unpaired) electrons. The van der Waals surface area contributed by atoms with Crippen LogP contribution in [0.2, 0.25) is 0 Å². The third kappa shape index (κ3) is 9.96. The Balaban J connectivity index is 0. The first-order valence-electron chi connectivity index (χ1n) is 4.11. The van der Waals surface area contributed by atoms with E-state index in [9.17, 15) is 19.2 Å². The van der Waals surface area contributed by atoms with E-state index in [1.54, 1.807) is 0 Å². The number of rotatable bonds is 5.